The molecule has 0 saturated carbocycles. The average molecular weight is 913 g/mol. The molecule has 9 aromatic rings. The smallest absolute Gasteiger partial charge is 0.351 e. The molecule has 63 heavy (non-hydrogen) atoms. The molecule has 0 bridgehead atoms. The van der Waals surface area contributed by atoms with Gasteiger partial charge >= 0.3 is 5.97 Å². The summed E-state index contributed by atoms with van der Waals surface area (Å²) in [5, 5.41) is 2.68. The molecule has 0 unspecified atom stereocenters. The number of furan rings is 2. The molecule has 324 valence electrons. The lowest BCUT2D eigenvalue weighted by Gasteiger charge is -2.11. The van der Waals surface area contributed by atoms with Crippen LogP contribution in [0.3, 0.4) is 0 Å². The number of methoxy groups -OCH3 is 1. The summed E-state index contributed by atoms with van der Waals surface area (Å²) in [6, 6.07) is 31.6. The topological polar surface area (TPSA) is 52.6 Å². The highest BCUT2D eigenvalue weighted by Gasteiger charge is 2.30. The monoisotopic (exact) mass is 912 g/mol. The Balaban J connectivity index is 1.26. The van der Waals surface area contributed by atoms with E-state index in [1.807, 2.05) is 36.6 Å². The predicted octanol–water partition coefficient (Wildman–Crippen LogP) is 18.6. The average Bonchev–Trinajstić information content (AvgIpc) is 4.19. The molecule has 6 aromatic heterocycles. The summed E-state index contributed by atoms with van der Waals surface area (Å²) < 4.78 is 38.1. The second-order valence-corrected chi connectivity index (χ2v) is 20.6. The van der Waals surface area contributed by atoms with Gasteiger partial charge in [0.2, 0.25) is 0 Å². The highest BCUT2D eigenvalue weighted by atomic mass is 32.1. The Bertz CT molecular complexity index is 2960. The molecule has 4 nitrogen and oxygen atoms in total. The molecule has 0 atom stereocenters. The van der Waals surface area contributed by atoms with Crippen LogP contribution in [0.15, 0.2) is 106 Å². The molecule has 3 aromatic carbocycles. The number of hydrogen-bond donors (Lipinski definition) is 0. The predicted molar refractivity (Wildman–Crippen MR) is 268 cm³/mol. The van der Waals surface area contributed by atoms with E-state index in [2.05, 4.69) is 74.5 Å². The lowest BCUT2D eigenvalue weighted by atomic mass is 9.95. The van der Waals surface area contributed by atoms with E-state index < -0.39 is 11.8 Å². The molecule has 0 amide bonds. The number of rotatable bonds is 20. The summed E-state index contributed by atoms with van der Waals surface area (Å²) in [4.78, 5) is 16.9. The number of carbonyl (C=O) groups excluding carboxylic acids is 1. The van der Waals surface area contributed by atoms with Gasteiger partial charge in [0.1, 0.15) is 22.2 Å². The third kappa shape index (κ3) is 8.87. The Labute approximate surface area is 385 Å². The summed E-state index contributed by atoms with van der Waals surface area (Å²) in [6.07, 6.45) is 18.4. The molecule has 9 rings (SSSR count). The van der Waals surface area contributed by atoms with E-state index in [9.17, 15) is 4.79 Å². The van der Waals surface area contributed by atoms with E-state index in [1.54, 1.807) is 34.0 Å². The molecule has 0 saturated heterocycles. The van der Waals surface area contributed by atoms with Gasteiger partial charge in [-0.05, 0) is 66.3 Å². The van der Waals surface area contributed by atoms with Crippen LogP contribution in [0.2, 0.25) is 0 Å². The van der Waals surface area contributed by atoms with Crippen LogP contribution in [-0.4, -0.2) is 13.1 Å². The summed E-state index contributed by atoms with van der Waals surface area (Å²) >= 11 is 6.27. The Kier molecular flexibility index (Phi) is 13.7. The van der Waals surface area contributed by atoms with Gasteiger partial charge in [-0.3, -0.25) is 0 Å². The number of halogens is 1. The maximum Gasteiger partial charge on any atom is 0.351 e. The van der Waals surface area contributed by atoms with Gasteiger partial charge in [-0.15, -0.1) is 45.3 Å². The molecule has 9 heteroatoms. The zero-order chi connectivity index (χ0) is 43.3. The molecule has 0 aliphatic heterocycles. The first-order valence-electron chi connectivity index (χ1n) is 22.6. The molecular formula is C54H53FO4S4. The third-order valence-electron chi connectivity index (χ3n) is 12.1. The molecule has 6 heterocycles. The summed E-state index contributed by atoms with van der Waals surface area (Å²) in [5.74, 6) is 1.58. The van der Waals surface area contributed by atoms with Gasteiger partial charge in [-0.25, -0.2) is 9.18 Å². The van der Waals surface area contributed by atoms with Crippen LogP contribution in [0, 0.1) is 5.82 Å². The second kappa shape index (κ2) is 19.9. The number of benzene rings is 3. The fourth-order valence-electron chi connectivity index (χ4n) is 8.82. The molecule has 0 aliphatic rings. The normalized spacial score (nSPS) is 11.8. The zero-order valence-electron chi connectivity index (χ0n) is 36.3. The number of esters is 1. The van der Waals surface area contributed by atoms with Gasteiger partial charge in [0.05, 0.1) is 23.0 Å². The van der Waals surface area contributed by atoms with Crippen LogP contribution in [0.4, 0.5) is 4.39 Å². The van der Waals surface area contributed by atoms with Crippen molar-refractivity contribution in [2.45, 2.75) is 104 Å². The number of aryl methyl sites for hydroxylation is 2. The maximum atomic E-state index is 16.5. The van der Waals surface area contributed by atoms with Crippen molar-refractivity contribution in [3.8, 4) is 53.3 Å². The number of carbonyl (C=O) groups is 1. The summed E-state index contributed by atoms with van der Waals surface area (Å²) in [6.45, 7) is 4.52. The lowest BCUT2D eigenvalue weighted by molar-refractivity contribution is 0.0602. The second-order valence-electron chi connectivity index (χ2n) is 16.5. The Morgan fingerprint density at radius 2 is 1.24 bits per heavy atom. The fourth-order valence-corrected chi connectivity index (χ4v) is 14.0. The van der Waals surface area contributed by atoms with Crippen molar-refractivity contribution >= 4 is 81.6 Å². The Morgan fingerprint density at radius 3 is 1.95 bits per heavy atom. The standard InChI is InChI=1S/C54H53FO4S4/c1-4-6-8-10-12-16-24-35-30-31-58-47(35)44-39-32-41(34-22-17-14-18-23-34)60-49(39)43(40-29-28-37(59-40)27-21-13-11-9-7-5-2)38-33-42(61-50(38)44)51-52-45(46(55)53(63-52)54(56)57-3)48(62-51)36-25-19-15-20-26-36/h14-15,17-20,22-23,25-26,28-33H,4-13,16,21,24,27H2,1-3H3. The van der Waals surface area contributed by atoms with Gasteiger partial charge in [-0.2, -0.15) is 0 Å². The minimum absolute atomic E-state index is 0.00595. The molecule has 0 fully saturated rings. The minimum atomic E-state index is -0.663. The Morgan fingerprint density at radius 1 is 0.619 bits per heavy atom. The van der Waals surface area contributed by atoms with Crippen LogP contribution in [-0.2, 0) is 17.6 Å². The maximum absolute atomic E-state index is 16.5. The quantitative estimate of drug-likeness (QED) is 0.0565. The first-order chi connectivity index (χ1) is 31.0. The fraction of sp³-hybridized carbons (Fsp3) is 0.315. The van der Waals surface area contributed by atoms with E-state index in [0.29, 0.717) is 5.39 Å². The molecular weight excluding hydrogens is 860 g/mol. The van der Waals surface area contributed by atoms with E-state index >= 15 is 4.39 Å². The van der Waals surface area contributed by atoms with Gasteiger partial charge in [0.25, 0.3) is 0 Å². The van der Waals surface area contributed by atoms with Gasteiger partial charge < -0.3 is 13.6 Å². The van der Waals surface area contributed by atoms with Gasteiger partial charge in [0.15, 0.2) is 5.82 Å². The van der Waals surface area contributed by atoms with Crippen LogP contribution in [0.1, 0.15) is 112 Å². The number of fused-ring (bicyclic) bond motifs is 3. The van der Waals surface area contributed by atoms with Crippen molar-refractivity contribution in [3.05, 3.63) is 119 Å². The van der Waals surface area contributed by atoms with Crippen molar-refractivity contribution in [2.75, 3.05) is 7.11 Å². The van der Waals surface area contributed by atoms with Crippen molar-refractivity contribution in [1.82, 2.24) is 0 Å². The molecule has 0 radical (unpaired) electrons. The van der Waals surface area contributed by atoms with Crippen molar-refractivity contribution in [1.29, 1.82) is 0 Å². The summed E-state index contributed by atoms with van der Waals surface area (Å²) in [5.41, 5.74) is 5.46. The highest BCUT2D eigenvalue weighted by Crippen LogP contribution is 2.56. The van der Waals surface area contributed by atoms with Crippen molar-refractivity contribution in [2.24, 2.45) is 0 Å². The molecule has 0 spiro atoms. The van der Waals surface area contributed by atoms with E-state index in [-0.39, 0.29) is 4.88 Å². The first kappa shape index (κ1) is 43.5. The van der Waals surface area contributed by atoms with Crippen LogP contribution < -0.4 is 0 Å². The molecule has 0 aliphatic carbocycles. The van der Waals surface area contributed by atoms with Crippen LogP contribution in [0.5, 0.6) is 0 Å². The first-order valence-corrected chi connectivity index (χ1v) is 25.9. The van der Waals surface area contributed by atoms with Crippen LogP contribution in [0.25, 0.3) is 83.5 Å². The SMILES string of the molecule is CCCCCCCCc1ccc(-c2c3cc(-c4sc(-c5ccccc5)c5c(F)c(C(=O)OC)sc45)sc3c(-c3occc3CCCCCCCC)c3cc(-c4ccccc4)sc23)o1. The molecule has 0 N–H and O–H groups in total. The zero-order valence-corrected chi connectivity index (χ0v) is 39.5. The third-order valence-corrected chi connectivity index (χ3v) is 17.2. The number of unbranched alkanes of at least 4 members (excludes halogenated alkanes) is 10. The van der Waals surface area contributed by atoms with Crippen molar-refractivity contribution < 1.29 is 22.8 Å². The van der Waals surface area contributed by atoms with E-state index in [1.165, 1.54) is 98.7 Å². The Hall–Kier alpha value is -4.80. The largest absolute Gasteiger partial charge is 0.465 e. The van der Waals surface area contributed by atoms with Gasteiger partial charge in [0, 0.05) is 57.7 Å². The highest BCUT2D eigenvalue weighted by molar-refractivity contribution is 7.33. The van der Waals surface area contributed by atoms with E-state index in [4.69, 9.17) is 13.6 Å². The number of hydrogen-bond acceptors (Lipinski definition) is 8. The summed E-state index contributed by atoms with van der Waals surface area (Å²) in [7, 11) is 1.31. The van der Waals surface area contributed by atoms with Crippen molar-refractivity contribution in [3.63, 3.8) is 0 Å². The van der Waals surface area contributed by atoms with Gasteiger partial charge in [-0.1, -0.05) is 139 Å². The number of ether oxygens (including phenoxy) is 1. The van der Waals surface area contributed by atoms with Crippen LogP contribution >= 0.6 is 45.3 Å². The lowest BCUT2D eigenvalue weighted by Crippen LogP contribution is -2.00. The number of thiophene rings is 4. The minimum Gasteiger partial charge on any atom is -0.465 e. The van der Waals surface area contributed by atoms with E-state index in [0.717, 1.165) is 99.2 Å².